The molecule has 0 bridgehead atoms. The van der Waals surface area contributed by atoms with Gasteiger partial charge in [0.25, 0.3) is 10.1 Å². The molecule has 28 heavy (non-hydrogen) atoms. The fourth-order valence-corrected chi connectivity index (χ4v) is 4.56. The molecule has 0 aliphatic rings. The second-order valence-corrected chi connectivity index (χ2v) is 8.54. The molecular weight excluding hydrogens is 372 g/mol. The summed E-state index contributed by atoms with van der Waals surface area (Å²) in [5.74, 6) is 0. The van der Waals surface area contributed by atoms with Crippen LogP contribution in [0.5, 0.6) is 0 Å². The Hall–Kier alpha value is -1.72. The summed E-state index contributed by atoms with van der Waals surface area (Å²) in [4.78, 5) is 8.09. The van der Waals surface area contributed by atoms with Gasteiger partial charge in [0.15, 0.2) is 0 Å². The van der Waals surface area contributed by atoms with Gasteiger partial charge in [0.1, 0.15) is 11.7 Å². The molecule has 0 heterocycles. The van der Waals surface area contributed by atoms with Crippen LogP contribution in [0, 0.1) is 0 Å². The lowest BCUT2D eigenvalue weighted by atomic mass is 10.0. The van der Waals surface area contributed by atoms with Gasteiger partial charge in [-0.2, -0.15) is 8.42 Å². The van der Waals surface area contributed by atoms with Crippen LogP contribution in [-0.2, 0) is 21.3 Å². The third kappa shape index (κ3) is 8.11. The lowest BCUT2D eigenvalue weighted by Crippen LogP contribution is -2.04. The molecule has 0 amide bonds. The maximum atomic E-state index is 11.9. The summed E-state index contributed by atoms with van der Waals surface area (Å²) in [7, 11) is -4.22. The van der Waals surface area contributed by atoms with Gasteiger partial charge in [-0.25, -0.2) is 0 Å². The second-order valence-electron chi connectivity index (χ2n) is 7.18. The van der Waals surface area contributed by atoms with Crippen LogP contribution < -0.4 is 0 Å². The number of benzene rings is 2. The molecule has 156 valence electrons. The highest BCUT2D eigenvalue weighted by atomic mass is 32.2. The molecule has 4 nitrogen and oxygen atoms in total. The molecule has 0 aromatic heterocycles. The van der Waals surface area contributed by atoms with Crippen LogP contribution in [0.25, 0.3) is 10.8 Å². The van der Waals surface area contributed by atoms with Crippen molar-refractivity contribution in [2.75, 3.05) is 0 Å². The van der Waals surface area contributed by atoms with Gasteiger partial charge in [-0.15, -0.1) is 0 Å². The zero-order valence-electron chi connectivity index (χ0n) is 17.0. The Kier molecular flexibility index (Phi) is 11.7. The van der Waals surface area contributed by atoms with Gasteiger partial charge >= 0.3 is 0 Å². The Bertz CT molecular complexity index is 799. The Morgan fingerprint density at radius 2 is 1.32 bits per heavy atom. The Morgan fingerprint density at radius 1 is 0.786 bits per heavy atom. The van der Waals surface area contributed by atoms with Gasteiger partial charge in [-0.05, 0) is 23.8 Å². The molecule has 0 saturated carbocycles. The van der Waals surface area contributed by atoms with E-state index >= 15 is 0 Å². The Balaban J connectivity index is 0.00000190. The number of hydrogen-bond donors (Lipinski definition) is 1. The van der Waals surface area contributed by atoms with Crippen molar-refractivity contribution >= 4 is 27.7 Å². The third-order valence-corrected chi connectivity index (χ3v) is 6.02. The lowest BCUT2D eigenvalue weighted by Gasteiger charge is -2.11. The molecule has 0 fully saturated rings. The predicted molar refractivity (Wildman–Crippen MR) is 116 cm³/mol. The van der Waals surface area contributed by atoms with Gasteiger partial charge in [0.2, 0.25) is 0 Å². The van der Waals surface area contributed by atoms with E-state index in [-0.39, 0.29) is 4.90 Å². The highest BCUT2D eigenvalue weighted by Crippen LogP contribution is 2.28. The highest BCUT2D eigenvalue weighted by Gasteiger charge is 2.18. The van der Waals surface area contributed by atoms with Crippen molar-refractivity contribution in [3.05, 3.63) is 42.0 Å². The van der Waals surface area contributed by atoms with Crippen molar-refractivity contribution in [2.45, 2.75) is 82.4 Å². The number of carbonyl (C=O) groups excluding carboxylic acids is 1. The first-order valence-electron chi connectivity index (χ1n) is 10.3. The first-order valence-corrected chi connectivity index (χ1v) is 11.7. The molecule has 5 heteroatoms. The Labute approximate surface area is 170 Å². The molecule has 2 aromatic rings. The summed E-state index contributed by atoms with van der Waals surface area (Å²) >= 11 is 0. The van der Waals surface area contributed by atoms with Crippen molar-refractivity contribution < 1.29 is 17.8 Å². The van der Waals surface area contributed by atoms with Gasteiger partial charge in [0.05, 0.1) is 0 Å². The van der Waals surface area contributed by atoms with Gasteiger partial charge < -0.3 is 4.79 Å². The molecule has 0 radical (unpaired) electrons. The number of hydrogen-bond acceptors (Lipinski definition) is 3. The number of fused-ring (bicyclic) bond motifs is 1. The third-order valence-electron chi connectivity index (χ3n) is 5.02. The number of aryl methyl sites for hydroxylation is 1. The topological polar surface area (TPSA) is 71.4 Å². The normalized spacial score (nSPS) is 11.2. The number of carbonyl (C=O) groups is 1. The fourth-order valence-electron chi connectivity index (χ4n) is 3.59. The van der Waals surface area contributed by atoms with Crippen LogP contribution in [0.1, 0.15) is 76.7 Å². The second kappa shape index (κ2) is 13.5. The van der Waals surface area contributed by atoms with Gasteiger partial charge in [-0.1, -0.05) is 101 Å². The van der Waals surface area contributed by atoms with Gasteiger partial charge in [0, 0.05) is 5.39 Å². The van der Waals surface area contributed by atoms with Crippen LogP contribution >= 0.6 is 0 Å². The number of rotatable bonds is 12. The first kappa shape index (κ1) is 24.3. The van der Waals surface area contributed by atoms with Crippen molar-refractivity contribution in [2.24, 2.45) is 0 Å². The standard InChI is InChI=1S/C22H32O3S.CH2O/c1-2-3-4-5-6-7-8-9-10-11-15-20-18-17-19-14-12-13-16-21(19)22(20)26(23,24)25;1-2/h12-14,16-18H,2-11,15H2,1H3,(H,23,24,25);1H2. The zero-order valence-corrected chi connectivity index (χ0v) is 17.8. The minimum atomic E-state index is -4.22. The van der Waals surface area contributed by atoms with Crippen LogP contribution in [0.2, 0.25) is 0 Å². The minimum absolute atomic E-state index is 0.0894. The van der Waals surface area contributed by atoms with Crippen molar-refractivity contribution in [1.29, 1.82) is 0 Å². The first-order chi connectivity index (χ1) is 13.5. The molecule has 2 rings (SSSR count). The van der Waals surface area contributed by atoms with E-state index in [0.29, 0.717) is 11.8 Å². The summed E-state index contributed by atoms with van der Waals surface area (Å²) in [6.07, 6.45) is 13.2. The Morgan fingerprint density at radius 3 is 1.89 bits per heavy atom. The maximum Gasteiger partial charge on any atom is 0.295 e. The fraction of sp³-hybridized carbons (Fsp3) is 0.522. The van der Waals surface area contributed by atoms with E-state index < -0.39 is 10.1 Å². The summed E-state index contributed by atoms with van der Waals surface area (Å²) in [6.45, 7) is 4.24. The summed E-state index contributed by atoms with van der Waals surface area (Å²) in [6, 6.07) is 11.1. The summed E-state index contributed by atoms with van der Waals surface area (Å²) in [5.41, 5.74) is 0.728. The quantitative estimate of drug-likeness (QED) is 0.328. The van der Waals surface area contributed by atoms with Crippen LogP contribution in [0.15, 0.2) is 41.3 Å². The van der Waals surface area contributed by atoms with Crippen LogP contribution in [0.4, 0.5) is 0 Å². The van der Waals surface area contributed by atoms with E-state index in [1.165, 1.54) is 51.4 Å². The molecule has 0 atom stereocenters. The van der Waals surface area contributed by atoms with E-state index in [0.717, 1.165) is 23.8 Å². The van der Waals surface area contributed by atoms with Gasteiger partial charge in [-0.3, -0.25) is 4.55 Å². The minimum Gasteiger partial charge on any atom is -0.307 e. The summed E-state index contributed by atoms with van der Waals surface area (Å²) < 4.78 is 33.5. The predicted octanol–water partition coefficient (Wildman–Crippen LogP) is 6.37. The van der Waals surface area contributed by atoms with Crippen molar-refractivity contribution in [3.8, 4) is 0 Å². The molecule has 1 N–H and O–H groups in total. The van der Waals surface area contributed by atoms with Crippen molar-refractivity contribution in [1.82, 2.24) is 0 Å². The molecule has 0 aliphatic carbocycles. The molecule has 0 saturated heterocycles. The molecule has 0 spiro atoms. The average molecular weight is 407 g/mol. The van der Waals surface area contributed by atoms with E-state index in [4.69, 9.17) is 4.79 Å². The monoisotopic (exact) mass is 406 g/mol. The van der Waals surface area contributed by atoms with Crippen LogP contribution in [0.3, 0.4) is 0 Å². The number of unbranched alkanes of at least 4 members (excludes halogenated alkanes) is 9. The largest absolute Gasteiger partial charge is 0.307 e. The maximum absolute atomic E-state index is 11.9. The van der Waals surface area contributed by atoms with Crippen molar-refractivity contribution in [3.63, 3.8) is 0 Å². The zero-order chi connectivity index (χ0) is 20.8. The highest BCUT2D eigenvalue weighted by molar-refractivity contribution is 7.86. The average Bonchev–Trinajstić information content (AvgIpc) is 2.69. The lowest BCUT2D eigenvalue weighted by molar-refractivity contribution is -0.0980. The SMILES string of the molecule is C=O.CCCCCCCCCCCCc1ccc2ccccc2c1S(=O)(=O)O. The molecule has 0 unspecified atom stereocenters. The molecular formula is C23H34O4S. The molecule has 0 aliphatic heterocycles. The van der Waals surface area contributed by atoms with E-state index in [9.17, 15) is 13.0 Å². The van der Waals surface area contributed by atoms with Crippen LogP contribution in [-0.4, -0.2) is 19.8 Å². The molecule has 2 aromatic carbocycles. The van der Waals surface area contributed by atoms with E-state index in [1.807, 2.05) is 31.1 Å². The smallest absolute Gasteiger partial charge is 0.295 e. The van der Waals surface area contributed by atoms with E-state index in [1.54, 1.807) is 12.1 Å². The van der Waals surface area contributed by atoms with E-state index in [2.05, 4.69) is 6.92 Å². The summed E-state index contributed by atoms with van der Waals surface area (Å²) in [5, 5.41) is 1.45.